The molecule has 2 N–H and O–H groups in total. The molecule has 0 radical (unpaired) electrons. The van der Waals surface area contributed by atoms with Crippen LogP contribution in [-0.4, -0.2) is 35.1 Å². The van der Waals surface area contributed by atoms with Crippen LogP contribution in [0.25, 0.3) is 0 Å². The standard InChI is InChI=1S/C8H12N4O2.C2H6/c1-5-4-10-7(9)6(11-5)8(13)12(2)14-3;1-2/h4H,1-3H3,(H2,9,10);1-2H3. The van der Waals surface area contributed by atoms with E-state index in [1.807, 2.05) is 13.8 Å². The number of rotatable bonds is 2. The smallest absolute Gasteiger partial charge is 0.299 e. The second kappa shape index (κ2) is 6.73. The Kier molecular flexibility index (Phi) is 6.02. The lowest BCUT2D eigenvalue weighted by molar-refractivity contribution is -0.0760. The molecule has 1 aromatic rings. The molecule has 0 aliphatic carbocycles. The van der Waals surface area contributed by atoms with E-state index in [1.54, 1.807) is 6.92 Å². The maximum Gasteiger partial charge on any atom is 0.299 e. The first kappa shape index (κ1) is 14.3. The number of anilines is 1. The van der Waals surface area contributed by atoms with E-state index in [0.717, 1.165) is 5.06 Å². The molecule has 0 spiro atoms. The molecule has 0 unspecified atom stereocenters. The second-order valence-corrected chi connectivity index (χ2v) is 2.73. The van der Waals surface area contributed by atoms with Gasteiger partial charge in [0.25, 0.3) is 5.91 Å². The lowest BCUT2D eigenvalue weighted by Crippen LogP contribution is -2.27. The van der Waals surface area contributed by atoms with Crippen molar-refractivity contribution in [3.63, 3.8) is 0 Å². The fourth-order valence-electron chi connectivity index (χ4n) is 0.876. The van der Waals surface area contributed by atoms with Crippen molar-refractivity contribution < 1.29 is 9.63 Å². The van der Waals surface area contributed by atoms with Gasteiger partial charge in [-0.1, -0.05) is 13.8 Å². The summed E-state index contributed by atoms with van der Waals surface area (Å²) in [5.74, 6) is -0.314. The molecule has 1 amide bonds. The first-order valence-corrected chi connectivity index (χ1v) is 4.97. The Balaban J connectivity index is 0.00000106. The third-order valence-electron chi connectivity index (χ3n) is 1.68. The highest BCUT2D eigenvalue weighted by atomic mass is 16.7. The summed E-state index contributed by atoms with van der Waals surface area (Å²) in [5, 5.41) is 1.04. The number of nitrogen functional groups attached to an aromatic ring is 1. The summed E-state index contributed by atoms with van der Waals surface area (Å²) in [6, 6.07) is 0. The number of hydrogen-bond acceptors (Lipinski definition) is 5. The third-order valence-corrected chi connectivity index (χ3v) is 1.68. The molecule has 1 heterocycles. The van der Waals surface area contributed by atoms with Gasteiger partial charge >= 0.3 is 0 Å². The fourth-order valence-corrected chi connectivity index (χ4v) is 0.876. The Morgan fingerprint density at radius 2 is 2.06 bits per heavy atom. The van der Waals surface area contributed by atoms with E-state index >= 15 is 0 Å². The molecule has 0 bridgehead atoms. The number of amides is 1. The Hall–Kier alpha value is -1.69. The molecule has 1 rings (SSSR count). The van der Waals surface area contributed by atoms with Crippen LogP contribution in [0.4, 0.5) is 5.82 Å². The molecule has 90 valence electrons. The van der Waals surface area contributed by atoms with Gasteiger partial charge in [-0.2, -0.15) is 0 Å². The van der Waals surface area contributed by atoms with E-state index in [-0.39, 0.29) is 11.5 Å². The summed E-state index contributed by atoms with van der Waals surface area (Å²) in [6.07, 6.45) is 1.50. The highest BCUT2D eigenvalue weighted by molar-refractivity contribution is 5.95. The third kappa shape index (κ3) is 3.47. The van der Waals surface area contributed by atoms with Gasteiger partial charge in [0.15, 0.2) is 11.5 Å². The average Bonchev–Trinajstić information content (AvgIpc) is 2.33. The fraction of sp³-hybridized carbons (Fsp3) is 0.500. The van der Waals surface area contributed by atoms with Gasteiger partial charge in [0.1, 0.15) is 0 Å². The van der Waals surface area contributed by atoms with Crippen LogP contribution >= 0.6 is 0 Å². The van der Waals surface area contributed by atoms with Gasteiger partial charge in [0, 0.05) is 7.05 Å². The quantitative estimate of drug-likeness (QED) is 0.761. The van der Waals surface area contributed by atoms with Crippen LogP contribution in [0, 0.1) is 6.92 Å². The summed E-state index contributed by atoms with van der Waals surface area (Å²) in [6.45, 7) is 5.73. The van der Waals surface area contributed by atoms with Crippen molar-refractivity contribution in [2.24, 2.45) is 0 Å². The van der Waals surface area contributed by atoms with E-state index in [0.29, 0.717) is 5.69 Å². The van der Waals surface area contributed by atoms with Crippen LogP contribution in [0.2, 0.25) is 0 Å². The first-order valence-electron chi connectivity index (χ1n) is 4.97. The van der Waals surface area contributed by atoms with Crippen molar-refractivity contribution in [1.82, 2.24) is 15.0 Å². The van der Waals surface area contributed by atoms with Gasteiger partial charge in [-0.3, -0.25) is 9.63 Å². The number of hydroxylamine groups is 2. The van der Waals surface area contributed by atoms with Crippen molar-refractivity contribution in [2.75, 3.05) is 19.9 Å². The summed E-state index contributed by atoms with van der Waals surface area (Å²) < 4.78 is 0. The van der Waals surface area contributed by atoms with Gasteiger partial charge in [-0.25, -0.2) is 15.0 Å². The van der Waals surface area contributed by atoms with Crippen LogP contribution in [0.15, 0.2) is 6.20 Å². The number of nitrogens with zero attached hydrogens (tertiary/aromatic N) is 3. The van der Waals surface area contributed by atoms with Crippen LogP contribution in [0.5, 0.6) is 0 Å². The molecule has 16 heavy (non-hydrogen) atoms. The zero-order valence-electron chi connectivity index (χ0n) is 10.3. The molecular weight excluding hydrogens is 208 g/mol. The molecule has 0 aliphatic rings. The average molecular weight is 226 g/mol. The van der Waals surface area contributed by atoms with Gasteiger partial charge in [-0.05, 0) is 6.92 Å². The Morgan fingerprint density at radius 1 is 1.50 bits per heavy atom. The highest BCUT2D eigenvalue weighted by Gasteiger charge is 2.17. The predicted octanol–water partition coefficient (Wildman–Crippen LogP) is 1.03. The lowest BCUT2D eigenvalue weighted by atomic mass is 10.3. The maximum atomic E-state index is 11.6. The van der Waals surface area contributed by atoms with E-state index in [2.05, 4.69) is 9.97 Å². The normalized spacial score (nSPS) is 9.06. The number of aryl methyl sites for hydroxylation is 1. The Labute approximate surface area is 95.4 Å². The van der Waals surface area contributed by atoms with E-state index in [1.165, 1.54) is 20.4 Å². The second-order valence-electron chi connectivity index (χ2n) is 2.73. The number of nitrogens with two attached hydrogens (primary N) is 1. The minimum absolute atomic E-state index is 0.101. The predicted molar refractivity (Wildman–Crippen MR) is 61.6 cm³/mol. The molecule has 0 atom stereocenters. The minimum Gasteiger partial charge on any atom is -0.382 e. The first-order chi connectivity index (χ1) is 7.56. The van der Waals surface area contributed by atoms with Crippen molar-refractivity contribution >= 4 is 11.7 Å². The number of aromatic nitrogens is 2. The van der Waals surface area contributed by atoms with Gasteiger partial charge < -0.3 is 5.73 Å². The summed E-state index contributed by atoms with van der Waals surface area (Å²) in [7, 11) is 2.86. The van der Waals surface area contributed by atoms with Crippen LogP contribution < -0.4 is 5.73 Å². The zero-order valence-corrected chi connectivity index (χ0v) is 10.3. The maximum absolute atomic E-state index is 11.6. The molecule has 0 aromatic carbocycles. The summed E-state index contributed by atoms with van der Waals surface area (Å²) in [4.78, 5) is 24.1. The Bertz CT molecular complexity index is 355. The minimum atomic E-state index is -0.416. The SMILES string of the molecule is CC.CON(C)C(=O)c1nc(C)cnc1N. The highest BCUT2D eigenvalue weighted by Crippen LogP contribution is 2.08. The van der Waals surface area contributed by atoms with E-state index < -0.39 is 5.91 Å². The van der Waals surface area contributed by atoms with Crippen molar-refractivity contribution in [3.05, 3.63) is 17.6 Å². The lowest BCUT2D eigenvalue weighted by Gasteiger charge is -2.13. The summed E-state index contributed by atoms with van der Waals surface area (Å²) in [5.41, 5.74) is 6.24. The molecule has 0 saturated carbocycles. The van der Waals surface area contributed by atoms with Crippen molar-refractivity contribution in [1.29, 1.82) is 0 Å². The van der Waals surface area contributed by atoms with Gasteiger partial charge in [0.05, 0.1) is 19.0 Å². The molecule has 0 fully saturated rings. The van der Waals surface area contributed by atoms with Crippen LogP contribution in [0.1, 0.15) is 30.0 Å². The summed E-state index contributed by atoms with van der Waals surface area (Å²) >= 11 is 0. The molecule has 6 heteroatoms. The van der Waals surface area contributed by atoms with Gasteiger partial charge in [0.2, 0.25) is 0 Å². The molecular formula is C10H18N4O2. The van der Waals surface area contributed by atoms with Crippen LogP contribution in [-0.2, 0) is 4.84 Å². The monoisotopic (exact) mass is 226 g/mol. The van der Waals surface area contributed by atoms with E-state index in [4.69, 9.17) is 10.6 Å². The zero-order chi connectivity index (χ0) is 12.7. The molecule has 0 saturated heterocycles. The van der Waals surface area contributed by atoms with Crippen LogP contribution in [0.3, 0.4) is 0 Å². The van der Waals surface area contributed by atoms with Gasteiger partial charge in [-0.15, -0.1) is 0 Å². The molecule has 0 aliphatic heterocycles. The molecule has 1 aromatic heterocycles. The number of carbonyl (C=O) groups excluding carboxylic acids is 1. The van der Waals surface area contributed by atoms with Crippen molar-refractivity contribution in [3.8, 4) is 0 Å². The molecule has 6 nitrogen and oxygen atoms in total. The Morgan fingerprint density at radius 3 is 2.56 bits per heavy atom. The number of hydrogen-bond donors (Lipinski definition) is 1. The largest absolute Gasteiger partial charge is 0.382 e. The van der Waals surface area contributed by atoms with E-state index in [9.17, 15) is 4.79 Å². The number of carbonyl (C=O) groups is 1. The van der Waals surface area contributed by atoms with Crippen molar-refractivity contribution in [2.45, 2.75) is 20.8 Å². The topological polar surface area (TPSA) is 81.3 Å².